The quantitative estimate of drug-likeness (QED) is 0.748. The first-order valence-electron chi connectivity index (χ1n) is 6.44. The largest absolute Gasteiger partial charge is 0.481 e. The number of nitrogens with zero attached hydrogens (tertiary/aromatic N) is 6. The monoisotopic (exact) mass is 284 g/mol. The van der Waals surface area contributed by atoms with Crippen LogP contribution in [0, 0.1) is 0 Å². The van der Waals surface area contributed by atoms with Gasteiger partial charge < -0.3 is 5.11 Å². The maximum atomic E-state index is 10.6. The van der Waals surface area contributed by atoms with Gasteiger partial charge in [-0.05, 0) is 29.0 Å². The van der Waals surface area contributed by atoms with Crippen molar-refractivity contribution >= 4 is 17.0 Å². The molecule has 0 spiro atoms. The van der Waals surface area contributed by atoms with Gasteiger partial charge in [0.15, 0.2) is 5.82 Å². The van der Waals surface area contributed by atoms with Gasteiger partial charge in [-0.2, -0.15) is 0 Å². The highest BCUT2D eigenvalue weighted by atomic mass is 16.4. The van der Waals surface area contributed by atoms with Crippen molar-refractivity contribution in [3.8, 4) is 11.4 Å². The van der Waals surface area contributed by atoms with Crippen molar-refractivity contribution in [3.05, 3.63) is 30.6 Å². The van der Waals surface area contributed by atoms with E-state index in [0.29, 0.717) is 24.3 Å². The molecule has 0 bridgehead atoms. The molecule has 3 rings (SSSR count). The number of benzene rings is 1. The number of aryl methyl sites for hydroxylation is 1. The van der Waals surface area contributed by atoms with Crippen LogP contribution in [0.15, 0.2) is 30.6 Å². The fourth-order valence-electron chi connectivity index (χ4n) is 2.10. The average Bonchev–Trinajstić information content (AvgIpc) is 2.94. The fraction of sp³-hybridized carbons (Fsp3) is 0.231. The Balaban J connectivity index is 1.96. The molecule has 1 N–H and O–H groups in total. The molecule has 1 aromatic carbocycles. The first-order chi connectivity index (χ1) is 10.3. The van der Waals surface area contributed by atoms with E-state index in [1.54, 1.807) is 17.1 Å². The van der Waals surface area contributed by atoms with Crippen molar-refractivity contribution in [1.82, 2.24) is 30.2 Å². The van der Waals surface area contributed by atoms with Gasteiger partial charge in [-0.3, -0.25) is 14.8 Å². The summed E-state index contributed by atoms with van der Waals surface area (Å²) in [6.45, 7) is 0.436. The van der Waals surface area contributed by atoms with Gasteiger partial charge in [-0.1, -0.05) is 6.07 Å². The van der Waals surface area contributed by atoms with E-state index < -0.39 is 5.97 Å². The summed E-state index contributed by atoms with van der Waals surface area (Å²) in [6, 6.07) is 5.60. The van der Waals surface area contributed by atoms with E-state index in [1.165, 1.54) is 0 Å². The Kier molecular flexibility index (Phi) is 3.50. The second-order valence-electron chi connectivity index (χ2n) is 4.45. The number of carboxylic acids is 1. The average molecular weight is 284 g/mol. The number of hydrogen-bond acceptors (Lipinski definition) is 6. The lowest BCUT2D eigenvalue weighted by Gasteiger charge is -2.05. The number of para-hydroxylation sites is 1. The van der Waals surface area contributed by atoms with Crippen LogP contribution in [0.25, 0.3) is 22.4 Å². The van der Waals surface area contributed by atoms with Crippen LogP contribution in [-0.4, -0.2) is 41.3 Å². The molecular weight excluding hydrogens is 272 g/mol. The molecule has 0 aliphatic rings. The molecule has 0 unspecified atom stereocenters. The molecule has 2 aromatic heterocycles. The molecule has 3 aromatic rings. The van der Waals surface area contributed by atoms with E-state index in [9.17, 15) is 4.79 Å². The normalized spacial score (nSPS) is 10.9. The van der Waals surface area contributed by atoms with Crippen molar-refractivity contribution in [3.63, 3.8) is 0 Å². The Bertz CT molecular complexity index is 780. The molecule has 2 heterocycles. The highest BCUT2D eigenvalue weighted by Crippen LogP contribution is 2.23. The smallest absolute Gasteiger partial charge is 0.303 e. The van der Waals surface area contributed by atoms with E-state index in [4.69, 9.17) is 5.11 Å². The second kappa shape index (κ2) is 5.61. The van der Waals surface area contributed by atoms with Gasteiger partial charge >= 0.3 is 5.97 Å². The number of carbonyl (C=O) groups is 1. The fourth-order valence-corrected chi connectivity index (χ4v) is 2.10. The number of hydrogen-bond donors (Lipinski definition) is 1. The molecular formula is C13H12N6O2. The van der Waals surface area contributed by atoms with Gasteiger partial charge in [0.1, 0.15) is 0 Å². The maximum Gasteiger partial charge on any atom is 0.303 e. The molecule has 21 heavy (non-hydrogen) atoms. The highest BCUT2D eigenvalue weighted by Gasteiger charge is 2.13. The molecule has 0 aliphatic carbocycles. The maximum absolute atomic E-state index is 10.6. The number of fused-ring (bicyclic) bond motifs is 1. The molecule has 0 radical (unpaired) electrons. The first-order valence-corrected chi connectivity index (χ1v) is 6.44. The molecule has 8 heteroatoms. The van der Waals surface area contributed by atoms with Crippen LogP contribution in [0.3, 0.4) is 0 Å². The van der Waals surface area contributed by atoms with Gasteiger partial charge in [0.05, 0.1) is 11.0 Å². The van der Waals surface area contributed by atoms with E-state index >= 15 is 0 Å². The van der Waals surface area contributed by atoms with Crippen molar-refractivity contribution in [1.29, 1.82) is 0 Å². The summed E-state index contributed by atoms with van der Waals surface area (Å²) in [6.07, 6.45) is 3.78. The molecule has 0 amide bonds. The van der Waals surface area contributed by atoms with Gasteiger partial charge in [-0.15, -0.1) is 5.10 Å². The van der Waals surface area contributed by atoms with Crippen LogP contribution < -0.4 is 0 Å². The summed E-state index contributed by atoms with van der Waals surface area (Å²) in [5.41, 5.74) is 2.25. The molecule has 0 saturated heterocycles. The molecule has 0 atom stereocenters. The minimum Gasteiger partial charge on any atom is -0.481 e. The minimum atomic E-state index is -0.833. The van der Waals surface area contributed by atoms with Crippen LogP contribution in [-0.2, 0) is 11.3 Å². The topological polar surface area (TPSA) is 107 Å². The Morgan fingerprint density at radius 3 is 2.95 bits per heavy atom. The van der Waals surface area contributed by atoms with Crippen LogP contribution in [0.2, 0.25) is 0 Å². The Morgan fingerprint density at radius 2 is 2.10 bits per heavy atom. The summed E-state index contributed by atoms with van der Waals surface area (Å²) in [5, 5.41) is 20.3. The SMILES string of the molecule is O=C(O)CCCn1nnnc1-c1cccc2nccnc12. The lowest BCUT2D eigenvalue weighted by atomic mass is 10.1. The third-order valence-electron chi connectivity index (χ3n) is 3.03. The minimum absolute atomic E-state index is 0.0780. The summed E-state index contributed by atoms with van der Waals surface area (Å²) in [4.78, 5) is 19.1. The number of rotatable bonds is 5. The van der Waals surface area contributed by atoms with E-state index in [1.807, 2.05) is 18.2 Å². The number of aromatic nitrogens is 6. The van der Waals surface area contributed by atoms with E-state index in [2.05, 4.69) is 25.5 Å². The Hall–Kier alpha value is -2.90. The van der Waals surface area contributed by atoms with Gasteiger partial charge in [0.25, 0.3) is 0 Å². The number of tetrazole rings is 1. The molecule has 0 aliphatic heterocycles. The van der Waals surface area contributed by atoms with Gasteiger partial charge in [0.2, 0.25) is 0 Å². The summed E-state index contributed by atoms with van der Waals surface area (Å²) in [7, 11) is 0. The van der Waals surface area contributed by atoms with E-state index in [0.717, 1.165) is 11.1 Å². The van der Waals surface area contributed by atoms with Gasteiger partial charge in [-0.25, -0.2) is 4.68 Å². The molecule has 0 saturated carbocycles. The summed E-state index contributed by atoms with van der Waals surface area (Å²) < 4.78 is 1.59. The zero-order chi connectivity index (χ0) is 14.7. The Labute approximate surface area is 119 Å². The third-order valence-corrected chi connectivity index (χ3v) is 3.03. The second-order valence-corrected chi connectivity index (χ2v) is 4.45. The van der Waals surface area contributed by atoms with Crippen LogP contribution in [0.5, 0.6) is 0 Å². The van der Waals surface area contributed by atoms with Crippen LogP contribution >= 0.6 is 0 Å². The summed E-state index contributed by atoms with van der Waals surface area (Å²) >= 11 is 0. The molecule has 8 nitrogen and oxygen atoms in total. The predicted molar refractivity (Wildman–Crippen MR) is 73.2 cm³/mol. The molecule has 106 valence electrons. The highest BCUT2D eigenvalue weighted by molar-refractivity contribution is 5.89. The van der Waals surface area contributed by atoms with Crippen molar-refractivity contribution in [2.24, 2.45) is 0 Å². The zero-order valence-corrected chi connectivity index (χ0v) is 11.0. The van der Waals surface area contributed by atoms with Gasteiger partial charge in [0, 0.05) is 30.9 Å². The van der Waals surface area contributed by atoms with E-state index in [-0.39, 0.29) is 6.42 Å². The predicted octanol–water partition coefficient (Wildman–Crippen LogP) is 1.15. The van der Waals surface area contributed by atoms with Crippen molar-refractivity contribution in [2.45, 2.75) is 19.4 Å². The Morgan fingerprint density at radius 1 is 1.24 bits per heavy atom. The lowest BCUT2D eigenvalue weighted by Crippen LogP contribution is -2.06. The van der Waals surface area contributed by atoms with Crippen LogP contribution in [0.4, 0.5) is 0 Å². The van der Waals surface area contributed by atoms with Crippen molar-refractivity contribution < 1.29 is 9.90 Å². The summed E-state index contributed by atoms with van der Waals surface area (Å²) in [5.74, 6) is -0.271. The standard InChI is InChI=1S/C13H12N6O2/c20-11(21)5-2-8-19-13(16-17-18-19)9-3-1-4-10-12(9)15-7-6-14-10/h1,3-4,6-7H,2,5,8H2,(H,20,21). The zero-order valence-electron chi connectivity index (χ0n) is 11.0. The third kappa shape index (κ3) is 2.69. The lowest BCUT2D eigenvalue weighted by molar-refractivity contribution is -0.137. The van der Waals surface area contributed by atoms with Crippen LogP contribution in [0.1, 0.15) is 12.8 Å². The first kappa shape index (κ1) is 13.1. The molecule has 0 fully saturated rings. The van der Waals surface area contributed by atoms with Crippen molar-refractivity contribution in [2.75, 3.05) is 0 Å². The number of carboxylic acid groups (broad SMARTS) is 1. The number of aliphatic carboxylic acids is 1.